The van der Waals surface area contributed by atoms with Gasteiger partial charge in [-0.15, -0.1) is 11.3 Å². The Balaban J connectivity index is 1.40. The predicted molar refractivity (Wildman–Crippen MR) is 135 cm³/mol. The first kappa shape index (κ1) is 23.7. The second-order valence-electron chi connectivity index (χ2n) is 10.6. The molecule has 3 aromatic rings. The third-order valence-corrected chi connectivity index (χ3v) is 9.08. The maximum atomic E-state index is 13.5. The van der Waals surface area contributed by atoms with Crippen LogP contribution < -0.4 is 0 Å². The molecule has 0 radical (unpaired) electrons. The minimum absolute atomic E-state index is 0.116. The molecule has 9 nitrogen and oxygen atoms in total. The van der Waals surface area contributed by atoms with Crippen LogP contribution in [0.1, 0.15) is 46.9 Å². The molecule has 0 bridgehead atoms. The van der Waals surface area contributed by atoms with Gasteiger partial charge in [-0.1, -0.05) is 13.8 Å². The number of rotatable bonds is 4. The van der Waals surface area contributed by atoms with Crippen LogP contribution in [0.5, 0.6) is 0 Å². The highest BCUT2D eigenvalue weighted by atomic mass is 32.1. The summed E-state index contributed by atoms with van der Waals surface area (Å²) >= 11 is 1.42. The van der Waals surface area contributed by atoms with Crippen molar-refractivity contribution in [1.82, 2.24) is 19.8 Å². The Morgan fingerprint density at radius 3 is 2.62 bits per heavy atom. The smallest absolute Gasteiger partial charge is 0.256 e. The highest BCUT2D eigenvalue weighted by Crippen LogP contribution is 2.63. The number of pyridine rings is 2. The average molecular weight is 516 g/mol. The Labute approximate surface area is 217 Å². The van der Waals surface area contributed by atoms with Gasteiger partial charge in [-0.2, -0.15) is 5.26 Å². The molecule has 5 heterocycles. The first-order valence-corrected chi connectivity index (χ1v) is 13.1. The summed E-state index contributed by atoms with van der Waals surface area (Å²) in [4.78, 5) is 51.8. The molecular formula is C27H25N5O4S. The van der Waals surface area contributed by atoms with Crippen molar-refractivity contribution >= 4 is 39.3 Å². The van der Waals surface area contributed by atoms with E-state index in [-0.39, 0.29) is 53.8 Å². The number of carbonyl (C=O) groups excluding carboxylic acids is 3. The fourth-order valence-electron chi connectivity index (χ4n) is 5.89. The van der Waals surface area contributed by atoms with Crippen molar-refractivity contribution in [2.75, 3.05) is 13.1 Å². The van der Waals surface area contributed by atoms with Gasteiger partial charge < -0.3 is 10.0 Å². The molecular weight excluding hydrogens is 490 g/mol. The summed E-state index contributed by atoms with van der Waals surface area (Å²) < 4.78 is 0.798. The van der Waals surface area contributed by atoms with Gasteiger partial charge in [-0.25, -0.2) is 4.98 Å². The summed E-state index contributed by atoms with van der Waals surface area (Å²) in [6, 6.07) is 7.37. The van der Waals surface area contributed by atoms with Crippen LogP contribution in [0.15, 0.2) is 24.4 Å². The molecule has 3 amide bonds. The molecule has 37 heavy (non-hydrogen) atoms. The van der Waals surface area contributed by atoms with Gasteiger partial charge in [-0.3, -0.25) is 24.3 Å². The number of piperidine rings is 1. The zero-order valence-electron chi connectivity index (χ0n) is 20.7. The number of thiophene rings is 1. The zero-order valence-corrected chi connectivity index (χ0v) is 21.5. The molecule has 1 saturated carbocycles. The third kappa shape index (κ3) is 3.56. The van der Waals surface area contributed by atoms with Crippen LogP contribution in [-0.2, 0) is 16.1 Å². The van der Waals surface area contributed by atoms with E-state index in [1.165, 1.54) is 16.2 Å². The number of aromatic nitrogens is 2. The molecule has 3 aromatic heterocycles. The molecule has 3 atom stereocenters. The van der Waals surface area contributed by atoms with Crippen molar-refractivity contribution in [2.45, 2.75) is 39.8 Å². The van der Waals surface area contributed by atoms with Gasteiger partial charge in [0.2, 0.25) is 11.8 Å². The standard InChI is InChI=1S/C27H25N5O4S/c1-13-20(24(34)31-7-5-15(33)11-31)18(8-14(10-28)30-13)17-4-6-29-19-9-16(37-23(17)19)12-32-25(35)21-22(26(32)36)27(21,2)3/h4,6,8-9,15,21-22,33H,5,7,11-12H2,1-3H3/t15-,21?,22?/m0/s1. The number of likely N-dealkylation sites (tertiary alicyclic amines) is 2. The van der Waals surface area contributed by atoms with E-state index in [1.54, 1.807) is 30.2 Å². The first-order chi connectivity index (χ1) is 17.6. The lowest BCUT2D eigenvalue weighted by atomic mass is 9.97. The van der Waals surface area contributed by atoms with Crippen molar-refractivity contribution in [2.24, 2.45) is 17.3 Å². The Hall–Kier alpha value is -3.68. The monoisotopic (exact) mass is 515 g/mol. The lowest BCUT2D eigenvalue weighted by Crippen LogP contribution is -2.35. The topological polar surface area (TPSA) is 127 Å². The van der Waals surface area contributed by atoms with E-state index in [0.29, 0.717) is 35.3 Å². The van der Waals surface area contributed by atoms with E-state index in [9.17, 15) is 24.8 Å². The summed E-state index contributed by atoms with van der Waals surface area (Å²) in [5.74, 6) is -0.933. The Kier molecular flexibility index (Phi) is 5.23. The number of aliphatic hydroxyl groups is 1. The quantitative estimate of drug-likeness (QED) is 0.529. The molecule has 3 aliphatic rings. The van der Waals surface area contributed by atoms with E-state index in [2.05, 4.69) is 16.0 Å². The molecule has 2 aliphatic heterocycles. The molecule has 0 spiro atoms. The van der Waals surface area contributed by atoms with Gasteiger partial charge in [0.25, 0.3) is 5.91 Å². The maximum Gasteiger partial charge on any atom is 0.256 e. The zero-order chi connectivity index (χ0) is 26.2. The molecule has 10 heteroatoms. The summed E-state index contributed by atoms with van der Waals surface area (Å²) in [6.45, 7) is 6.52. The van der Waals surface area contributed by atoms with E-state index in [4.69, 9.17) is 0 Å². The van der Waals surface area contributed by atoms with Crippen LogP contribution in [0.2, 0.25) is 0 Å². The highest BCUT2D eigenvalue weighted by Gasteiger charge is 2.72. The molecule has 6 rings (SSSR count). The molecule has 2 unspecified atom stereocenters. The first-order valence-electron chi connectivity index (χ1n) is 12.2. The number of aliphatic hydroxyl groups excluding tert-OH is 1. The SMILES string of the molecule is Cc1nc(C#N)cc(-c2ccnc3cc(CN4C(=O)C5C(C4=O)C5(C)C)sc23)c1C(=O)N1CC[C@H](O)C1. The molecule has 3 fully saturated rings. The van der Waals surface area contributed by atoms with Crippen molar-refractivity contribution in [3.63, 3.8) is 0 Å². The van der Waals surface area contributed by atoms with Crippen LogP contribution in [0.4, 0.5) is 0 Å². The van der Waals surface area contributed by atoms with E-state index < -0.39 is 6.10 Å². The van der Waals surface area contributed by atoms with Gasteiger partial charge in [0.1, 0.15) is 11.8 Å². The lowest BCUT2D eigenvalue weighted by Gasteiger charge is -2.20. The van der Waals surface area contributed by atoms with E-state index in [1.807, 2.05) is 19.9 Å². The number of β-amino-alcohol motifs (C(OH)–C–C–N with tert-alkyl or cyclic N) is 1. The molecule has 2 saturated heterocycles. The second kappa shape index (κ2) is 8.16. The summed E-state index contributed by atoms with van der Waals surface area (Å²) in [6.07, 6.45) is 1.61. The Bertz CT molecular complexity index is 1530. The molecule has 1 aliphatic carbocycles. The lowest BCUT2D eigenvalue weighted by molar-refractivity contribution is -0.143. The number of carbonyl (C=O) groups is 3. The van der Waals surface area contributed by atoms with Crippen molar-refractivity contribution in [1.29, 1.82) is 5.26 Å². The number of nitriles is 1. The fourth-order valence-corrected chi connectivity index (χ4v) is 7.02. The highest BCUT2D eigenvalue weighted by molar-refractivity contribution is 7.19. The summed E-state index contributed by atoms with van der Waals surface area (Å²) in [5.41, 5.74) is 2.76. The predicted octanol–water partition coefficient (Wildman–Crippen LogP) is 2.89. The van der Waals surface area contributed by atoms with Gasteiger partial charge in [0, 0.05) is 35.3 Å². The number of aryl methyl sites for hydroxylation is 1. The number of fused-ring (bicyclic) bond motifs is 2. The van der Waals surface area contributed by atoms with E-state index >= 15 is 0 Å². The second-order valence-corrected chi connectivity index (χ2v) is 11.8. The van der Waals surface area contributed by atoms with Crippen LogP contribution in [0.25, 0.3) is 21.3 Å². The summed E-state index contributed by atoms with van der Waals surface area (Å²) in [5, 5.41) is 19.5. The Morgan fingerprint density at radius 2 is 1.97 bits per heavy atom. The van der Waals surface area contributed by atoms with Crippen LogP contribution in [0.3, 0.4) is 0 Å². The van der Waals surface area contributed by atoms with E-state index in [0.717, 1.165) is 15.1 Å². The number of amides is 3. The number of imide groups is 1. The number of hydrogen-bond acceptors (Lipinski definition) is 8. The summed E-state index contributed by atoms with van der Waals surface area (Å²) in [7, 11) is 0. The normalized spacial score (nSPS) is 24.0. The Morgan fingerprint density at radius 1 is 1.24 bits per heavy atom. The fraction of sp³-hybridized carbons (Fsp3) is 0.407. The van der Waals surface area contributed by atoms with Gasteiger partial charge in [0.05, 0.1) is 46.0 Å². The minimum atomic E-state index is -0.556. The van der Waals surface area contributed by atoms with Crippen molar-refractivity contribution in [3.05, 3.63) is 46.2 Å². The van der Waals surface area contributed by atoms with Gasteiger partial charge >= 0.3 is 0 Å². The van der Waals surface area contributed by atoms with Crippen LogP contribution >= 0.6 is 11.3 Å². The average Bonchev–Trinajstić information content (AvgIpc) is 3.24. The van der Waals surface area contributed by atoms with Crippen LogP contribution in [0, 0.1) is 35.5 Å². The third-order valence-electron chi connectivity index (χ3n) is 7.94. The molecule has 188 valence electrons. The maximum absolute atomic E-state index is 13.5. The number of nitrogens with zero attached hydrogens (tertiary/aromatic N) is 5. The largest absolute Gasteiger partial charge is 0.391 e. The number of hydrogen-bond donors (Lipinski definition) is 1. The van der Waals surface area contributed by atoms with Crippen molar-refractivity contribution in [3.8, 4) is 17.2 Å². The molecule has 1 N–H and O–H groups in total. The van der Waals surface area contributed by atoms with Gasteiger partial charge in [-0.05, 0) is 37.0 Å². The minimum Gasteiger partial charge on any atom is -0.391 e. The van der Waals surface area contributed by atoms with Crippen molar-refractivity contribution < 1.29 is 19.5 Å². The van der Waals surface area contributed by atoms with Gasteiger partial charge in [0.15, 0.2) is 0 Å². The molecule has 0 aromatic carbocycles. The van der Waals surface area contributed by atoms with Crippen LogP contribution in [-0.4, -0.2) is 61.8 Å².